The van der Waals surface area contributed by atoms with Gasteiger partial charge in [0.1, 0.15) is 12.1 Å². The number of hydrogen-bond donors (Lipinski definition) is 2. The van der Waals surface area contributed by atoms with Gasteiger partial charge in [-0.05, 0) is 57.6 Å². The van der Waals surface area contributed by atoms with Crippen LogP contribution < -0.4 is 10.6 Å². The summed E-state index contributed by atoms with van der Waals surface area (Å²) < 4.78 is 27.8. The number of halogens is 2. The number of likely N-dealkylation sites (tertiary alicyclic amines) is 1. The lowest BCUT2D eigenvalue weighted by molar-refractivity contribution is -0.146. The van der Waals surface area contributed by atoms with E-state index in [-0.39, 0.29) is 80.4 Å². The number of nitrogens with zero attached hydrogens (tertiary/aromatic N) is 4. The number of carbonyl (C=O) groups is 4. The molecule has 1 aromatic carbocycles. The van der Waals surface area contributed by atoms with E-state index in [2.05, 4.69) is 10.6 Å². The third kappa shape index (κ3) is 6.65. The van der Waals surface area contributed by atoms with Crippen molar-refractivity contribution in [3.63, 3.8) is 0 Å². The second kappa shape index (κ2) is 12.9. The SMILES string of the molecule is Cc1sc2nc1CC(=O)N[C@@H]1C[C@@H](C(=O)N3C[C@@H](NC4CCC(F)(F)CC4)C[C@H]3C(=O)N3CCC2CC3)N(C(=O)c2ccccc2)C1. The number of aromatic nitrogens is 1. The van der Waals surface area contributed by atoms with Crippen LogP contribution >= 0.6 is 11.3 Å². The Morgan fingerprint density at radius 2 is 1.68 bits per heavy atom. The largest absolute Gasteiger partial charge is 0.351 e. The van der Waals surface area contributed by atoms with Crippen LogP contribution in [-0.2, 0) is 20.8 Å². The van der Waals surface area contributed by atoms with E-state index in [0.717, 1.165) is 28.4 Å². The van der Waals surface area contributed by atoms with Crippen molar-refractivity contribution in [3.8, 4) is 0 Å². The Bertz CT molecular complexity index is 1520. The third-order valence-corrected chi connectivity index (χ3v) is 11.9. The minimum absolute atomic E-state index is 0.111. The van der Waals surface area contributed by atoms with Crippen molar-refractivity contribution in [2.45, 2.75) is 107 Å². The van der Waals surface area contributed by atoms with Gasteiger partial charge >= 0.3 is 0 Å². The minimum atomic E-state index is -2.65. The Labute approximate surface area is 277 Å². The van der Waals surface area contributed by atoms with E-state index >= 15 is 0 Å². The molecule has 2 N–H and O–H groups in total. The maximum atomic E-state index is 14.6. The standard InChI is InChI=1S/C34H42F2N6O4S/c1-20-26-17-29(43)38-25-16-28(41(19-25)31(44)22-5-3-2-4-6-22)33(46)42-18-24(37-23-7-11-34(35,36)12-8-23)15-27(42)32(45)40-13-9-21(10-14-40)30(39-26)47-20/h2-6,21,23-25,27-28,37H,7-19H2,1H3,(H,38,43)/t24-,25+,27-,28-/m0/s1. The van der Waals surface area contributed by atoms with Crippen LogP contribution in [0.4, 0.5) is 8.78 Å². The van der Waals surface area contributed by atoms with Crippen molar-refractivity contribution < 1.29 is 28.0 Å². The molecule has 4 atom stereocenters. The van der Waals surface area contributed by atoms with Crippen LogP contribution in [-0.4, -0.2) is 106 Å². The van der Waals surface area contributed by atoms with Crippen molar-refractivity contribution in [2.24, 2.45) is 0 Å². The lowest BCUT2D eigenvalue weighted by Gasteiger charge is -2.36. The molecule has 6 aliphatic rings. The second-order valence-corrected chi connectivity index (χ2v) is 15.1. The molecule has 0 radical (unpaired) electrons. The van der Waals surface area contributed by atoms with Crippen molar-refractivity contribution >= 4 is 35.0 Å². The van der Waals surface area contributed by atoms with E-state index in [1.807, 2.05) is 17.9 Å². The topological polar surface area (TPSA) is 115 Å². The fourth-order valence-electron chi connectivity index (χ4n) is 8.09. The quantitative estimate of drug-likeness (QED) is 0.520. The third-order valence-electron chi connectivity index (χ3n) is 10.7. The average Bonchev–Trinajstić information content (AvgIpc) is 3.78. The van der Waals surface area contributed by atoms with E-state index in [4.69, 9.17) is 4.98 Å². The molecule has 1 aliphatic carbocycles. The molecule has 6 bridgehead atoms. The molecule has 2 aromatic rings. The van der Waals surface area contributed by atoms with Crippen LogP contribution in [0.5, 0.6) is 0 Å². The lowest BCUT2D eigenvalue weighted by atomic mass is 9.91. The molecule has 0 unspecified atom stereocenters. The molecule has 47 heavy (non-hydrogen) atoms. The molecule has 1 saturated carbocycles. The van der Waals surface area contributed by atoms with Gasteiger partial charge in [0, 0.05) is 73.5 Å². The van der Waals surface area contributed by atoms with Gasteiger partial charge in [-0.3, -0.25) is 19.2 Å². The molecule has 10 nitrogen and oxygen atoms in total. The summed E-state index contributed by atoms with van der Waals surface area (Å²) in [6.07, 6.45) is 2.54. The Kier molecular flexibility index (Phi) is 8.79. The molecule has 5 aliphatic heterocycles. The molecule has 0 spiro atoms. The van der Waals surface area contributed by atoms with Gasteiger partial charge in [-0.2, -0.15) is 0 Å². The average molecular weight is 669 g/mol. The number of rotatable bonds is 3. The molecule has 1 aromatic heterocycles. The Morgan fingerprint density at radius 3 is 2.40 bits per heavy atom. The fourth-order valence-corrected chi connectivity index (χ4v) is 9.20. The zero-order valence-electron chi connectivity index (χ0n) is 26.6. The maximum absolute atomic E-state index is 14.6. The molecular formula is C34H42F2N6O4S. The molecular weight excluding hydrogens is 626 g/mol. The smallest absolute Gasteiger partial charge is 0.254 e. The number of amides is 4. The molecule has 3 saturated heterocycles. The van der Waals surface area contributed by atoms with Gasteiger partial charge in [0.2, 0.25) is 23.6 Å². The van der Waals surface area contributed by atoms with Crippen LogP contribution in [0.3, 0.4) is 0 Å². The number of benzene rings is 1. The molecule has 8 rings (SSSR count). The van der Waals surface area contributed by atoms with Crippen molar-refractivity contribution in [3.05, 3.63) is 51.5 Å². The first-order chi connectivity index (χ1) is 22.5. The maximum Gasteiger partial charge on any atom is 0.254 e. The predicted octanol–water partition coefficient (Wildman–Crippen LogP) is 3.25. The lowest BCUT2D eigenvalue weighted by Crippen LogP contribution is -2.54. The van der Waals surface area contributed by atoms with Crippen molar-refractivity contribution in [1.82, 2.24) is 30.3 Å². The van der Waals surface area contributed by atoms with Gasteiger partial charge in [-0.1, -0.05) is 18.2 Å². The molecule has 4 fully saturated rings. The number of nitrogens with one attached hydrogen (secondary N) is 2. The first-order valence-electron chi connectivity index (χ1n) is 16.9. The summed E-state index contributed by atoms with van der Waals surface area (Å²) >= 11 is 1.61. The van der Waals surface area contributed by atoms with Crippen LogP contribution in [0, 0.1) is 6.92 Å². The minimum Gasteiger partial charge on any atom is -0.351 e. The monoisotopic (exact) mass is 668 g/mol. The molecule has 6 heterocycles. The Hall–Kier alpha value is -3.45. The van der Waals surface area contributed by atoms with Gasteiger partial charge in [-0.15, -0.1) is 11.3 Å². The van der Waals surface area contributed by atoms with Gasteiger partial charge < -0.3 is 25.3 Å². The Balaban J connectivity index is 1.19. The first kappa shape index (κ1) is 32.1. The summed E-state index contributed by atoms with van der Waals surface area (Å²) in [5.74, 6) is -3.39. The number of hydrogen-bond acceptors (Lipinski definition) is 7. The molecule has 252 valence electrons. The van der Waals surface area contributed by atoms with E-state index in [9.17, 15) is 28.0 Å². The second-order valence-electron chi connectivity index (χ2n) is 13.9. The zero-order chi connectivity index (χ0) is 32.9. The van der Waals surface area contributed by atoms with Gasteiger partial charge in [0.05, 0.1) is 17.1 Å². The Morgan fingerprint density at radius 1 is 0.957 bits per heavy atom. The van der Waals surface area contributed by atoms with Gasteiger partial charge in [0.25, 0.3) is 5.91 Å². The normalized spacial score (nSPS) is 28.8. The first-order valence-corrected chi connectivity index (χ1v) is 17.7. The van der Waals surface area contributed by atoms with Crippen LogP contribution in [0.2, 0.25) is 0 Å². The highest BCUT2D eigenvalue weighted by Crippen LogP contribution is 2.36. The summed E-state index contributed by atoms with van der Waals surface area (Å²) in [7, 11) is 0. The summed E-state index contributed by atoms with van der Waals surface area (Å²) in [5, 5.41) is 7.57. The van der Waals surface area contributed by atoms with Crippen LogP contribution in [0.25, 0.3) is 0 Å². The highest BCUT2D eigenvalue weighted by atomic mass is 32.1. The summed E-state index contributed by atoms with van der Waals surface area (Å²) in [5.41, 5.74) is 1.18. The van der Waals surface area contributed by atoms with E-state index in [1.165, 1.54) is 4.90 Å². The van der Waals surface area contributed by atoms with Crippen molar-refractivity contribution in [1.29, 1.82) is 0 Å². The predicted molar refractivity (Wildman–Crippen MR) is 171 cm³/mol. The van der Waals surface area contributed by atoms with Gasteiger partial charge in [0.15, 0.2) is 0 Å². The number of thiazole rings is 1. The number of fused-ring (bicyclic) bond motifs is 4. The van der Waals surface area contributed by atoms with Crippen LogP contribution in [0.15, 0.2) is 30.3 Å². The fraction of sp³-hybridized carbons (Fsp3) is 0.618. The van der Waals surface area contributed by atoms with Crippen LogP contribution in [0.1, 0.15) is 83.2 Å². The van der Waals surface area contributed by atoms with E-state index in [1.54, 1.807) is 40.5 Å². The van der Waals surface area contributed by atoms with E-state index < -0.39 is 24.0 Å². The number of carbonyl (C=O) groups excluding carboxylic acids is 4. The summed E-state index contributed by atoms with van der Waals surface area (Å²) in [6.45, 7) is 3.46. The number of alkyl halides is 2. The number of aryl methyl sites for hydroxylation is 1. The van der Waals surface area contributed by atoms with Gasteiger partial charge in [-0.25, -0.2) is 13.8 Å². The van der Waals surface area contributed by atoms with E-state index in [0.29, 0.717) is 37.9 Å². The number of piperidine rings is 1. The highest BCUT2D eigenvalue weighted by Gasteiger charge is 2.49. The summed E-state index contributed by atoms with van der Waals surface area (Å²) in [6, 6.07) is 6.36. The highest BCUT2D eigenvalue weighted by molar-refractivity contribution is 7.11. The summed E-state index contributed by atoms with van der Waals surface area (Å²) in [4.78, 5) is 66.8. The molecule has 4 amide bonds. The zero-order valence-corrected chi connectivity index (χ0v) is 27.4. The molecule has 13 heteroatoms. The van der Waals surface area contributed by atoms with Crippen molar-refractivity contribution in [2.75, 3.05) is 26.2 Å².